The van der Waals surface area contributed by atoms with Crippen LogP contribution in [0.5, 0.6) is 0 Å². The van der Waals surface area contributed by atoms with Crippen molar-refractivity contribution in [2.75, 3.05) is 0 Å². The van der Waals surface area contributed by atoms with Gasteiger partial charge in [0.15, 0.2) is 0 Å². The van der Waals surface area contributed by atoms with Gasteiger partial charge >= 0.3 is 47.4 Å². The predicted octanol–water partition coefficient (Wildman–Crippen LogP) is 5.83. The molecule has 0 spiro atoms. The first-order chi connectivity index (χ1) is 12.0. The molecule has 0 unspecified atom stereocenters. The topological polar surface area (TPSA) is 0 Å². The van der Waals surface area contributed by atoms with Gasteiger partial charge in [0.05, 0.1) is 0 Å². The first-order valence-corrected chi connectivity index (χ1v) is 6.20. The molecule has 0 N–H and O–H groups in total. The molecule has 0 aliphatic heterocycles. The zero-order chi connectivity index (χ0) is 23.2. The first-order valence-electron chi connectivity index (χ1n) is 6.20. The van der Waals surface area contributed by atoms with Gasteiger partial charge < -0.3 is 0 Å². The third-order valence-corrected chi connectivity index (χ3v) is 4.36. The van der Waals surface area contributed by atoms with Gasteiger partial charge in [0.2, 0.25) is 7.18 Å². The van der Waals surface area contributed by atoms with Crippen LogP contribution in [0.2, 0.25) is 0 Å². The summed E-state index contributed by atoms with van der Waals surface area (Å²) in [5.41, 5.74) is 0. The average Bonchev–Trinajstić information content (AvgIpc) is 2.50. The predicted molar refractivity (Wildman–Crippen MR) is 50.9 cm³/mol. The molecule has 0 heterocycles. The Balaban J connectivity index is 0.00000190. The van der Waals surface area contributed by atoms with Crippen LogP contribution < -0.4 is 0 Å². The zero-order valence-electron chi connectivity index (χ0n) is 12.1. The van der Waals surface area contributed by atoms with E-state index in [0.717, 1.165) is 0 Å². The van der Waals surface area contributed by atoms with Crippen molar-refractivity contribution in [3.63, 3.8) is 0 Å². The van der Waals surface area contributed by atoms with Crippen molar-refractivity contribution in [3.05, 3.63) is 7.18 Å². The zero-order valence-corrected chi connectivity index (χ0v) is 12.1. The molecule has 2 saturated carbocycles. The number of halogens is 17. The SMILES string of the molecule is FC1(F)C2C(C(F)(F)C(F)(F)C1(F)F)C(F)(F)C(F)(F)C(F)(F)C2(F)F.[C]F. The summed E-state index contributed by atoms with van der Waals surface area (Å²) in [4.78, 5) is 0. The highest BCUT2D eigenvalue weighted by Gasteiger charge is 3.02. The Labute approximate surface area is 142 Å². The van der Waals surface area contributed by atoms with Crippen molar-refractivity contribution in [1.82, 2.24) is 0 Å². The Kier molecular flexibility index (Phi) is 5.06. The standard InChI is InChI=1S/C10H2F16.CF/c11-3(12)1-2(5(15,16)9(23,24)7(3,19)20)6(17,18)10(25,26)8(21,22)4(1,13)14;1-2/h1-2H;. The molecule has 0 aromatic rings. The Bertz CT molecular complexity index is 511. The highest BCUT2D eigenvalue weighted by atomic mass is 19.4. The molecule has 0 bridgehead atoms. The lowest BCUT2D eigenvalue weighted by atomic mass is 9.58. The van der Waals surface area contributed by atoms with E-state index < -0.39 is 59.2 Å². The van der Waals surface area contributed by atoms with Crippen LogP contribution in [0.15, 0.2) is 0 Å². The maximum absolute atomic E-state index is 13.4. The van der Waals surface area contributed by atoms with Crippen molar-refractivity contribution >= 4 is 0 Å². The third-order valence-electron chi connectivity index (χ3n) is 4.36. The fourth-order valence-electron chi connectivity index (χ4n) is 2.91. The fourth-order valence-corrected chi connectivity index (χ4v) is 2.91. The Morgan fingerprint density at radius 2 is 0.429 bits per heavy atom. The van der Waals surface area contributed by atoms with E-state index in [1.165, 1.54) is 0 Å². The quantitative estimate of drug-likeness (QED) is 0.402. The average molecular weight is 457 g/mol. The Morgan fingerprint density at radius 1 is 0.321 bits per heavy atom. The minimum Gasteiger partial charge on any atom is -0.232 e. The van der Waals surface area contributed by atoms with E-state index in [9.17, 15) is 70.2 Å². The molecule has 165 valence electrons. The van der Waals surface area contributed by atoms with Crippen molar-refractivity contribution in [2.24, 2.45) is 11.8 Å². The summed E-state index contributed by atoms with van der Waals surface area (Å²) in [5.74, 6) is -71.4. The summed E-state index contributed by atoms with van der Waals surface area (Å²) in [5, 5.41) is 0. The van der Waals surface area contributed by atoms with Crippen LogP contribution in [0.1, 0.15) is 0 Å². The van der Waals surface area contributed by atoms with Crippen LogP contribution in [0, 0.1) is 19.0 Å². The van der Waals surface area contributed by atoms with Gasteiger partial charge in [-0.05, 0) is 0 Å². The van der Waals surface area contributed by atoms with Crippen LogP contribution in [0.25, 0.3) is 0 Å². The monoisotopic (exact) mass is 457 g/mol. The molecule has 2 rings (SSSR count). The van der Waals surface area contributed by atoms with Crippen molar-refractivity contribution < 1.29 is 74.6 Å². The number of alkyl halides is 16. The van der Waals surface area contributed by atoms with E-state index in [1.54, 1.807) is 0 Å². The molecule has 0 nitrogen and oxygen atoms in total. The molecule has 0 aromatic carbocycles. The van der Waals surface area contributed by atoms with Crippen LogP contribution in [0.4, 0.5) is 74.6 Å². The summed E-state index contributed by atoms with van der Waals surface area (Å²) in [6.07, 6.45) is 0. The van der Waals surface area contributed by atoms with Crippen molar-refractivity contribution in [1.29, 1.82) is 0 Å². The van der Waals surface area contributed by atoms with Crippen LogP contribution in [0.3, 0.4) is 0 Å². The lowest BCUT2D eigenvalue weighted by molar-refractivity contribution is -0.513. The molecule has 0 saturated heterocycles. The van der Waals surface area contributed by atoms with Gasteiger partial charge in [0.25, 0.3) is 0 Å². The molecule has 2 fully saturated rings. The minimum absolute atomic E-state index is 4.25. The molecule has 0 amide bonds. The van der Waals surface area contributed by atoms with E-state index >= 15 is 0 Å². The van der Waals surface area contributed by atoms with Gasteiger partial charge in [0, 0.05) is 0 Å². The van der Waals surface area contributed by atoms with Gasteiger partial charge in [-0.2, -0.15) is 70.2 Å². The largest absolute Gasteiger partial charge is 0.378 e. The normalized spacial score (nSPS) is 37.1. The van der Waals surface area contributed by atoms with Crippen LogP contribution >= 0.6 is 0 Å². The van der Waals surface area contributed by atoms with E-state index in [-0.39, 0.29) is 0 Å². The first kappa shape index (κ1) is 24.8. The number of hydrogen-bond acceptors (Lipinski definition) is 0. The highest BCUT2D eigenvalue weighted by molar-refractivity contribution is 5.27. The molecule has 2 aliphatic rings. The fraction of sp³-hybridized carbons (Fsp3) is 0.909. The molecular formula is C11H2F17. The van der Waals surface area contributed by atoms with E-state index in [4.69, 9.17) is 4.39 Å². The van der Waals surface area contributed by atoms with Gasteiger partial charge in [-0.1, -0.05) is 0 Å². The van der Waals surface area contributed by atoms with E-state index in [2.05, 4.69) is 7.18 Å². The maximum Gasteiger partial charge on any atom is 0.378 e. The molecule has 0 atom stereocenters. The lowest BCUT2D eigenvalue weighted by Crippen LogP contribution is -2.85. The molecule has 2 aliphatic carbocycles. The molecular weight excluding hydrogens is 455 g/mol. The second kappa shape index (κ2) is 5.70. The highest BCUT2D eigenvalue weighted by Crippen LogP contribution is 2.75. The molecule has 17 heteroatoms. The summed E-state index contributed by atoms with van der Waals surface area (Å²) >= 11 is 0. The second-order valence-corrected chi connectivity index (χ2v) is 5.74. The van der Waals surface area contributed by atoms with Crippen molar-refractivity contribution in [3.8, 4) is 0 Å². The molecule has 0 aromatic heterocycles. The number of fused-ring (bicyclic) bond motifs is 1. The van der Waals surface area contributed by atoms with Gasteiger partial charge in [0.1, 0.15) is 11.8 Å². The summed E-state index contributed by atoms with van der Waals surface area (Å²) < 4.78 is 221. The number of rotatable bonds is 0. The van der Waals surface area contributed by atoms with E-state index in [0.29, 0.717) is 0 Å². The second-order valence-electron chi connectivity index (χ2n) is 5.74. The maximum atomic E-state index is 13.4. The Morgan fingerprint density at radius 3 is 0.536 bits per heavy atom. The van der Waals surface area contributed by atoms with Gasteiger partial charge in [-0.25, -0.2) is 4.39 Å². The van der Waals surface area contributed by atoms with Crippen LogP contribution in [-0.2, 0) is 0 Å². The smallest absolute Gasteiger partial charge is 0.232 e. The summed E-state index contributed by atoms with van der Waals surface area (Å²) in [6.45, 7) is 0. The van der Waals surface area contributed by atoms with Gasteiger partial charge in [-0.15, -0.1) is 0 Å². The molecule has 28 heavy (non-hydrogen) atoms. The summed E-state index contributed by atoms with van der Waals surface area (Å²) in [7, 11) is 4.25. The van der Waals surface area contributed by atoms with Gasteiger partial charge in [-0.3, -0.25) is 0 Å². The van der Waals surface area contributed by atoms with Crippen molar-refractivity contribution in [2.45, 2.75) is 47.4 Å². The van der Waals surface area contributed by atoms with E-state index in [1.807, 2.05) is 0 Å². The lowest BCUT2D eigenvalue weighted by Gasteiger charge is -2.58. The number of hydrogen-bond donors (Lipinski definition) is 0. The summed E-state index contributed by atoms with van der Waals surface area (Å²) in [6, 6.07) is 0. The van der Waals surface area contributed by atoms with Crippen LogP contribution in [-0.4, -0.2) is 47.4 Å². The third kappa shape index (κ3) is 2.15. The Hall–Kier alpha value is -1.19. The molecule has 3 radical (unpaired) electrons. The minimum atomic E-state index is -7.55.